The largest absolute Gasteiger partial charge is 0.366 e. The van der Waals surface area contributed by atoms with Gasteiger partial charge < -0.3 is 15.9 Å². The minimum atomic E-state index is -1.42. The van der Waals surface area contributed by atoms with Crippen LogP contribution in [-0.2, 0) is 0 Å². The van der Waals surface area contributed by atoms with Gasteiger partial charge in [-0.25, -0.2) is 0 Å². The van der Waals surface area contributed by atoms with Crippen molar-refractivity contribution in [3.63, 3.8) is 0 Å². The molecule has 0 heterocycles. The van der Waals surface area contributed by atoms with Crippen LogP contribution < -0.4 is 5.73 Å². The molecule has 0 unspecified atom stereocenters. The Morgan fingerprint density at radius 1 is 1.11 bits per heavy atom. The fourth-order valence-electron chi connectivity index (χ4n) is 0.250. The first-order valence-electron chi connectivity index (χ1n) is 3.15. The molecule has 9 heavy (non-hydrogen) atoms. The zero-order valence-electron chi connectivity index (χ0n) is 6.39. The third-order valence-corrected chi connectivity index (χ3v) is 1.13. The van der Waals surface area contributed by atoms with Gasteiger partial charge in [-0.2, -0.15) is 0 Å². The van der Waals surface area contributed by atoms with E-state index in [-0.39, 0.29) is 0 Å². The lowest BCUT2D eigenvalue weighted by Crippen LogP contribution is -2.24. The highest BCUT2D eigenvalue weighted by Gasteiger charge is 2.14. The van der Waals surface area contributed by atoms with Crippen LogP contribution in [0.1, 0.15) is 26.7 Å². The quantitative estimate of drug-likeness (QED) is 0.469. The van der Waals surface area contributed by atoms with Gasteiger partial charge in [0.1, 0.15) is 0 Å². The molecule has 0 bridgehead atoms. The van der Waals surface area contributed by atoms with E-state index in [9.17, 15) is 0 Å². The van der Waals surface area contributed by atoms with Crippen LogP contribution in [0, 0.1) is 0 Å². The van der Waals surface area contributed by atoms with Crippen LogP contribution in [-0.4, -0.2) is 23.0 Å². The molecule has 0 amide bonds. The Morgan fingerprint density at radius 2 is 1.33 bits per heavy atom. The van der Waals surface area contributed by atoms with E-state index >= 15 is 0 Å². The smallest absolute Gasteiger partial charge is 0.161 e. The summed E-state index contributed by atoms with van der Waals surface area (Å²) in [6.45, 7) is 3.48. The summed E-state index contributed by atoms with van der Waals surface area (Å²) in [5, 5.41) is 17.4. The minimum absolute atomic E-state index is 0.406. The Bertz CT molecular complexity index is 49.0. The van der Waals surface area contributed by atoms with Gasteiger partial charge in [0.15, 0.2) is 5.79 Å². The maximum absolute atomic E-state index is 8.69. The van der Waals surface area contributed by atoms with Gasteiger partial charge in [-0.1, -0.05) is 13.8 Å². The minimum Gasteiger partial charge on any atom is -0.366 e. The van der Waals surface area contributed by atoms with E-state index in [1.165, 1.54) is 7.05 Å². The van der Waals surface area contributed by atoms with E-state index in [4.69, 9.17) is 10.2 Å². The first kappa shape index (κ1) is 11.6. The third kappa shape index (κ3) is 7.88. The van der Waals surface area contributed by atoms with Gasteiger partial charge in [-0.05, 0) is 19.9 Å². The summed E-state index contributed by atoms with van der Waals surface area (Å²) < 4.78 is 0. The van der Waals surface area contributed by atoms with E-state index in [0.717, 1.165) is 0 Å². The van der Waals surface area contributed by atoms with Gasteiger partial charge in [0.05, 0.1) is 0 Å². The van der Waals surface area contributed by atoms with Crippen molar-refractivity contribution in [1.29, 1.82) is 0 Å². The molecule has 0 radical (unpaired) electrons. The van der Waals surface area contributed by atoms with Gasteiger partial charge >= 0.3 is 0 Å². The van der Waals surface area contributed by atoms with Crippen LogP contribution in [0.25, 0.3) is 0 Å². The normalized spacial score (nSPS) is 10.0. The Labute approximate surface area is 56.5 Å². The van der Waals surface area contributed by atoms with Crippen molar-refractivity contribution in [2.75, 3.05) is 7.05 Å². The van der Waals surface area contributed by atoms with Crippen molar-refractivity contribution in [2.45, 2.75) is 32.5 Å². The number of hydrogen-bond donors (Lipinski definition) is 3. The summed E-state index contributed by atoms with van der Waals surface area (Å²) in [6, 6.07) is 0. The number of hydrogen-bond acceptors (Lipinski definition) is 3. The molecule has 0 saturated carbocycles. The standard InChI is InChI=1S/C5H12O2.CH5N/c1-3-5(6,7)4-2;1-2/h6-7H,3-4H2,1-2H3;2H2,1H3. The summed E-state index contributed by atoms with van der Waals surface area (Å²) >= 11 is 0. The number of rotatable bonds is 2. The number of nitrogens with two attached hydrogens (primary N) is 1. The molecule has 0 aromatic heterocycles. The lowest BCUT2D eigenvalue weighted by atomic mass is 10.2. The third-order valence-electron chi connectivity index (χ3n) is 1.13. The zero-order chi connectivity index (χ0) is 7.91. The van der Waals surface area contributed by atoms with Gasteiger partial charge in [0.25, 0.3) is 0 Å². The second-order valence-corrected chi connectivity index (χ2v) is 1.69. The molecule has 0 spiro atoms. The van der Waals surface area contributed by atoms with Gasteiger partial charge in [-0.3, -0.25) is 0 Å². The highest BCUT2D eigenvalue weighted by Crippen LogP contribution is 2.07. The van der Waals surface area contributed by atoms with E-state index in [2.05, 4.69) is 5.73 Å². The first-order valence-corrected chi connectivity index (χ1v) is 3.15. The predicted molar refractivity (Wildman–Crippen MR) is 37.9 cm³/mol. The van der Waals surface area contributed by atoms with E-state index < -0.39 is 5.79 Å². The van der Waals surface area contributed by atoms with Crippen molar-refractivity contribution < 1.29 is 10.2 Å². The van der Waals surface area contributed by atoms with Crippen LogP contribution in [0.3, 0.4) is 0 Å². The molecule has 58 valence electrons. The molecule has 0 aromatic rings. The van der Waals surface area contributed by atoms with Gasteiger partial charge in [0.2, 0.25) is 0 Å². The van der Waals surface area contributed by atoms with Crippen molar-refractivity contribution in [2.24, 2.45) is 5.73 Å². The molecular formula is C6H17NO2. The lowest BCUT2D eigenvalue weighted by Gasteiger charge is -2.15. The Morgan fingerprint density at radius 3 is 1.33 bits per heavy atom. The molecule has 0 aromatic carbocycles. The Hall–Kier alpha value is -0.120. The Kier molecular flexibility index (Phi) is 7.77. The van der Waals surface area contributed by atoms with Crippen molar-refractivity contribution in [3.8, 4) is 0 Å². The van der Waals surface area contributed by atoms with Crippen molar-refractivity contribution in [1.82, 2.24) is 0 Å². The molecule has 0 aliphatic rings. The average molecular weight is 135 g/mol. The summed E-state index contributed by atoms with van der Waals surface area (Å²) in [5.74, 6) is -1.42. The first-order chi connectivity index (χ1) is 4.12. The molecule has 0 saturated heterocycles. The van der Waals surface area contributed by atoms with Crippen LogP contribution in [0.15, 0.2) is 0 Å². The second kappa shape index (κ2) is 6.01. The summed E-state index contributed by atoms with van der Waals surface area (Å²) in [5.41, 5.74) is 4.50. The molecule has 4 N–H and O–H groups in total. The van der Waals surface area contributed by atoms with Crippen LogP contribution in [0.4, 0.5) is 0 Å². The topological polar surface area (TPSA) is 66.5 Å². The average Bonchev–Trinajstić information content (AvgIpc) is 1.93. The van der Waals surface area contributed by atoms with E-state index in [1.54, 1.807) is 13.8 Å². The fourth-order valence-corrected chi connectivity index (χ4v) is 0.250. The van der Waals surface area contributed by atoms with Crippen molar-refractivity contribution >= 4 is 0 Å². The van der Waals surface area contributed by atoms with E-state index in [1.807, 2.05) is 0 Å². The highest BCUT2D eigenvalue weighted by atomic mass is 16.5. The monoisotopic (exact) mass is 135 g/mol. The molecule has 0 rings (SSSR count). The molecule has 0 aliphatic heterocycles. The molecular weight excluding hydrogens is 118 g/mol. The summed E-state index contributed by atoms with van der Waals surface area (Å²) in [6.07, 6.45) is 0.812. The molecule has 0 aliphatic carbocycles. The fraction of sp³-hybridized carbons (Fsp3) is 1.00. The molecule has 0 atom stereocenters. The van der Waals surface area contributed by atoms with Gasteiger partial charge in [-0.15, -0.1) is 0 Å². The Balaban J connectivity index is 0. The van der Waals surface area contributed by atoms with Gasteiger partial charge in [0, 0.05) is 0 Å². The zero-order valence-corrected chi connectivity index (χ0v) is 6.39. The van der Waals surface area contributed by atoms with Crippen LogP contribution >= 0.6 is 0 Å². The second-order valence-electron chi connectivity index (χ2n) is 1.69. The van der Waals surface area contributed by atoms with Crippen molar-refractivity contribution in [3.05, 3.63) is 0 Å². The molecule has 3 nitrogen and oxygen atoms in total. The SMILES string of the molecule is CCC(O)(O)CC.CN. The summed E-state index contributed by atoms with van der Waals surface area (Å²) in [4.78, 5) is 0. The highest BCUT2D eigenvalue weighted by molar-refractivity contribution is 4.55. The van der Waals surface area contributed by atoms with E-state index in [0.29, 0.717) is 12.8 Å². The number of aliphatic hydroxyl groups is 2. The van der Waals surface area contributed by atoms with Crippen LogP contribution in [0.2, 0.25) is 0 Å². The summed E-state index contributed by atoms with van der Waals surface area (Å²) in [7, 11) is 1.50. The molecule has 0 fully saturated rings. The molecule has 3 heteroatoms. The lowest BCUT2D eigenvalue weighted by molar-refractivity contribution is -0.163. The maximum Gasteiger partial charge on any atom is 0.161 e. The maximum atomic E-state index is 8.69. The van der Waals surface area contributed by atoms with Crippen LogP contribution in [0.5, 0.6) is 0 Å². The predicted octanol–water partition coefficient (Wildman–Crippen LogP) is 0.0622.